The van der Waals surface area contributed by atoms with Crippen molar-refractivity contribution < 1.29 is 18.0 Å². The fourth-order valence-corrected chi connectivity index (χ4v) is 9.34. The second-order valence-electron chi connectivity index (χ2n) is 10.4. The van der Waals surface area contributed by atoms with Crippen LogP contribution in [0.25, 0.3) is 0 Å². The smallest absolute Gasteiger partial charge is 0.185 e. The third-order valence-corrected chi connectivity index (χ3v) is 11.2. The number of aryl methyl sites for hydroxylation is 1. The minimum atomic E-state index is -3.70. The number of ketones is 2. The van der Waals surface area contributed by atoms with Crippen molar-refractivity contribution in [2.75, 3.05) is 6.54 Å². The van der Waals surface area contributed by atoms with Crippen molar-refractivity contribution >= 4 is 21.4 Å². The van der Waals surface area contributed by atoms with Crippen molar-refractivity contribution in [2.24, 2.45) is 34.3 Å². The standard InChI is InChI=1S/C26H31NO4S/c1-16-3-5-18(6-4-16)32(30,31)23-14-19-20(25(2)11-9-17(28)13-22(23)25)10-12-26(15-27)21(19)7-8-24(26)29/h3-6,9,11,13,19-21,23H,7-8,10,12,14-15,27H2,1-2H3/t19-,20+,21+,23+,25-,26-/m1/s1. The highest BCUT2D eigenvalue weighted by Gasteiger charge is 2.62. The molecular formula is C26H31NO4S. The Labute approximate surface area is 190 Å². The molecule has 0 bridgehead atoms. The summed E-state index contributed by atoms with van der Waals surface area (Å²) in [5, 5.41) is -0.769. The molecule has 5 nitrogen and oxygen atoms in total. The maximum atomic E-state index is 13.9. The molecule has 0 unspecified atom stereocenters. The number of hydrogen-bond acceptors (Lipinski definition) is 5. The number of Topliss-reactive ketones (excluding diaryl/α,β-unsaturated/α-hetero) is 1. The summed E-state index contributed by atoms with van der Waals surface area (Å²) in [7, 11) is -3.70. The maximum Gasteiger partial charge on any atom is 0.185 e. The number of rotatable bonds is 3. The lowest BCUT2D eigenvalue weighted by atomic mass is 9.48. The molecule has 0 saturated heterocycles. The number of sulfone groups is 1. The molecule has 32 heavy (non-hydrogen) atoms. The minimum absolute atomic E-state index is 0.0870. The molecule has 4 aliphatic carbocycles. The third kappa shape index (κ3) is 2.88. The van der Waals surface area contributed by atoms with E-state index in [0.29, 0.717) is 24.3 Å². The first-order valence-electron chi connectivity index (χ1n) is 11.6. The average Bonchev–Trinajstić information content (AvgIpc) is 3.11. The zero-order chi connectivity index (χ0) is 22.9. The van der Waals surface area contributed by atoms with Crippen molar-refractivity contribution in [2.45, 2.75) is 56.1 Å². The number of nitrogens with two attached hydrogens (primary N) is 1. The van der Waals surface area contributed by atoms with Crippen LogP contribution < -0.4 is 5.73 Å². The van der Waals surface area contributed by atoms with Crippen LogP contribution in [0.15, 0.2) is 53.0 Å². The van der Waals surface area contributed by atoms with E-state index in [9.17, 15) is 18.0 Å². The van der Waals surface area contributed by atoms with Gasteiger partial charge in [-0.15, -0.1) is 0 Å². The van der Waals surface area contributed by atoms with Gasteiger partial charge in [0.1, 0.15) is 5.78 Å². The van der Waals surface area contributed by atoms with Gasteiger partial charge in [0.05, 0.1) is 10.1 Å². The fourth-order valence-electron chi connectivity index (χ4n) is 7.36. The summed E-state index contributed by atoms with van der Waals surface area (Å²) in [6.07, 6.45) is 8.44. The highest BCUT2D eigenvalue weighted by Crippen LogP contribution is 2.64. The van der Waals surface area contributed by atoms with Gasteiger partial charge in [-0.1, -0.05) is 30.7 Å². The van der Waals surface area contributed by atoms with Crippen LogP contribution in [0.3, 0.4) is 0 Å². The monoisotopic (exact) mass is 453 g/mol. The molecule has 4 aliphatic rings. The van der Waals surface area contributed by atoms with Crippen LogP contribution in [0.4, 0.5) is 0 Å². The number of benzene rings is 1. The number of hydrogen-bond donors (Lipinski definition) is 1. The van der Waals surface area contributed by atoms with E-state index in [1.807, 2.05) is 25.1 Å². The Hall–Kier alpha value is -2.05. The van der Waals surface area contributed by atoms with Crippen LogP contribution >= 0.6 is 0 Å². The molecule has 6 atom stereocenters. The van der Waals surface area contributed by atoms with E-state index in [4.69, 9.17) is 5.73 Å². The zero-order valence-electron chi connectivity index (χ0n) is 18.7. The lowest BCUT2D eigenvalue weighted by molar-refractivity contribution is -0.132. The lowest BCUT2D eigenvalue weighted by Crippen LogP contribution is -2.56. The first kappa shape index (κ1) is 21.8. The van der Waals surface area contributed by atoms with Crippen LogP contribution in [0.2, 0.25) is 0 Å². The van der Waals surface area contributed by atoms with E-state index in [2.05, 4.69) is 6.92 Å². The number of allylic oxidation sites excluding steroid dienone is 3. The molecule has 0 radical (unpaired) electrons. The Balaban J connectivity index is 1.64. The van der Waals surface area contributed by atoms with Crippen molar-refractivity contribution in [3.05, 3.63) is 53.6 Å². The van der Waals surface area contributed by atoms with Gasteiger partial charge in [0.2, 0.25) is 0 Å². The normalized spacial score (nSPS) is 38.7. The SMILES string of the molecule is Cc1ccc(S(=O)(=O)[C@H]2C[C@H]3[C@@H]4CCC(=O)[C@@]4(CN)CC[C@@H]3[C@@]3(C)C=CC(=O)C=C23)cc1. The second-order valence-corrected chi connectivity index (χ2v) is 12.6. The van der Waals surface area contributed by atoms with Gasteiger partial charge in [0, 0.05) is 23.8 Å². The molecule has 6 heteroatoms. The Morgan fingerprint density at radius 1 is 1.09 bits per heavy atom. The molecule has 3 saturated carbocycles. The summed E-state index contributed by atoms with van der Waals surface area (Å²) in [5.74, 6) is 0.506. The molecule has 2 N–H and O–H groups in total. The van der Waals surface area contributed by atoms with Crippen LogP contribution in [0, 0.1) is 35.5 Å². The van der Waals surface area contributed by atoms with Crippen molar-refractivity contribution in [3.63, 3.8) is 0 Å². The van der Waals surface area contributed by atoms with Crippen molar-refractivity contribution in [1.29, 1.82) is 0 Å². The van der Waals surface area contributed by atoms with E-state index >= 15 is 0 Å². The van der Waals surface area contributed by atoms with E-state index < -0.39 is 25.9 Å². The van der Waals surface area contributed by atoms with Gasteiger partial charge < -0.3 is 5.73 Å². The van der Waals surface area contributed by atoms with Crippen molar-refractivity contribution in [3.8, 4) is 0 Å². The predicted octanol–water partition coefficient (Wildman–Crippen LogP) is 3.56. The van der Waals surface area contributed by atoms with Gasteiger partial charge in [-0.05, 0) is 80.2 Å². The number of carbonyl (C=O) groups is 2. The molecule has 1 aromatic carbocycles. The first-order valence-corrected chi connectivity index (χ1v) is 13.2. The quantitative estimate of drug-likeness (QED) is 0.755. The summed E-state index contributed by atoms with van der Waals surface area (Å²) in [4.78, 5) is 25.6. The van der Waals surface area contributed by atoms with Crippen LogP contribution in [-0.2, 0) is 19.4 Å². The summed E-state index contributed by atoms with van der Waals surface area (Å²) in [6.45, 7) is 4.35. The van der Waals surface area contributed by atoms with E-state index in [0.717, 1.165) is 30.4 Å². The van der Waals surface area contributed by atoms with Crippen LogP contribution in [-0.4, -0.2) is 31.8 Å². The second kappa shape index (κ2) is 7.22. The van der Waals surface area contributed by atoms with Crippen LogP contribution in [0.5, 0.6) is 0 Å². The Morgan fingerprint density at radius 2 is 1.81 bits per heavy atom. The summed E-state index contributed by atoms with van der Waals surface area (Å²) < 4.78 is 27.8. The van der Waals surface area contributed by atoms with Gasteiger partial charge in [0.25, 0.3) is 0 Å². The molecule has 0 aromatic heterocycles. The molecule has 1 aromatic rings. The molecule has 0 amide bonds. The molecule has 0 spiro atoms. The summed E-state index contributed by atoms with van der Waals surface area (Å²) >= 11 is 0. The van der Waals surface area contributed by atoms with Crippen molar-refractivity contribution in [1.82, 2.24) is 0 Å². The van der Waals surface area contributed by atoms with Gasteiger partial charge in [0.15, 0.2) is 15.6 Å². The summed E-state index contributed by atoms with van der Waals surface area (Å²) in [5.41, 5.74) is 6.89. The predicted molar refractivity (Wildman–Crippen MR) is 123 cm³/mol. The number of fused-ring (bicyclic) bond motifs is 5. The minimum Gasteiger partial charge on any atom is -0.329 e. The Kier molecular flexibility index (Phi) is 4.92. The zero-order valence-corrected chi connectivity index (χ0v) is 19.5. The highest BCUT2D eigenvalue weighted by molar-refractivity contribution is 7.92. The molecule has 3 fully saturated rings. The maximum absolute atomic E-state index is 13.9. The Morgan fingerprint density at radius 3 is 2.50 bits per heavy atom. The fraction of sp³-hybridized carbons (Fsp3) is 0.538. The Bertz CT molecular complexity index is 1150. The number of carbonyl (C=O) groups excluding carboxylic acids is 2. The van der Waals surface area contributed by atoms with Gasteiger partial charge in [-0.3, -0.25) is 9.59 Å². The largest absolute Gasteiger partial charge is 0.329 e. The van der Waals surface area contributed by atoms with Gasteiger partial charge in [-0.25, -0.2) is 8.42 Å². The molecular weight excluding hydrogens is 422 g/mol. The van der Waals surface area contributed by atoms with Gasteiger partial charge >= 0.3 is 0 Å². The summed E-state index contributed by atoms with van der Waals surface area (Å²) in [6, 6.07) is 6.96. The molecule has 0 aliphatic heterocycles. The lowest BCUT2D eigenvalue weighted by Gasteiger charge is -2.57. The molecule has 5 rings (SSSR count). The van der Waals surface area contributed by atoms with E-state index in [1.165, 1.54) is 0 Å². The first-order chi connectivity index (χ1) is 15.1. The third-order valence-electron chi connectivity index (χ3n) is 9.09. The highest BCUT2D eigenvalue weighted by atomic mass is 32.2. The molecule has 0 heterocycles. The van der Waals surface area contributed by atoms with Gasteiger partial charge in [-0.2, -0.15) is 0 Å². The van der Waals surface area contributed by atoms with Crippen LogP contribution in [0.1, 0.15) is 44.6 Å². The van der Waals surface area contributed by atoms with E-state index in [-0.39, 0.29) is 29.3 Å². The molecule has 170 valence electrons. The van der Waals surface area contributed by atoms with E-state index in [1.54, 1.807) is 24.3 Å². The average molecular weight is 454 g/mol. The topological polar surface area (TPSA) is 94.3 Å².